The number of fused-ring (bicyclic) bond motifs is 1. The quantitative estimate of drug-likeness (QED) is 0.328. The summed E-state index contributed by atoms with van der Waals surface area (Å²) in [6.07, 6.45) is 5.32. The van der Waals surface area contributed by atoms with Crippen molar-refractivity contribution in [3.05, 3.63) is 113 Å². The molecule has 1 fully saturated rings. The molecule has 0 saturated heterocycles. The predicted molar refractivity (Wildman–Crippen MR) is 146 cm³/mol. The van der Waals surface area contributed by atoms with Crippen LogP contribution in [0.5, 0.6) is 0 Å². The molecule has 3 aromatic carbocycles. The first-order valence-electron chi connectivity index (χ1n) is 13.1. The van der Waals surface area contributed by atoms with Crippen molar-refractivity contribution in [2.75, 3.05) is 4.90 Å². The van der Waals surface area contributed by atoms with Gasteiger partial charge in [0.1, 0.15) is 17.5 Å². The highest BCUT2D eigenvalue weighted by molar-refractivity contribution is 7.89. The van der Waals surface area contributed by atoms with E-state index in [0.29, 0.717) is 30.8 Å². The fourth-order valence-electron chi connectivity index (χ4n) is 5.53. The maximum atomic E-state index is 13.9. The number of nitrogens with one attached hydrogen (secondary N) is 1. The lowest BCUT2D eigenvalue weighted by Gasteiger charge is -2.25. The summed E-state index contributed by atoms with van der Waals surface area (Å²) < 4.78 is 58.2. The first-order chi connectivity index (χ1) is 19.2. The van der Waals surface area contributed by atoms with Crippen molar-refractivity contribution in [3.63, 3.8) is 0 Å². The second-order valence-corrected chi connectivity index (χ2v) is 12.1. The third-order valence-corrected chi connectivity index (χ3v) is 9.26. The van der Waals surface area contributed by atoms with Crippen molar-refractivity contribution in [1.29, 1.82) is 0 Å². The standard InChI is InChI=1S/C30H28F2N4O3S/c1-35-13-12-33-29(35)18-36(30(37)27-17-25(27)20-4-2-5-21(31)14-20)23-10-8-19-9-11-28(26(19)16-23)34-40(38,39)24-7-3-6-22(32)15-24/h2-8,10,12-16,25,27-28,34H,9,11,17-18H2,1H3/t25-,27+,28+/m0/s1. The van der Waals surface area contributed by atoms with Gasteiger partial charge in [-0.3, -0.25) is 4.79 Å². The number of sulfonamides is 1. The summed E-state index contributed by atoms with van der Waals surface area (Å²) in [4.78, 5) is 19.8. The molecule has 6 rings (SSSR count). The molecule has 0 bridgehead atoms. The Hall–Kier alpha value is -3.89. The lowest BCUT2D eigenvalue weighted by atomic mass is 10.1. The van der Waals surface area contributed by atoms with Crippen molar-refractivity contribution < 1.29 is 22.0 Å². The first kappa shape index (κ1) is 26.3. The Labute approximate surface area is 231 Å². The first-order valence-corrected chi connectivity index (χ1v) is 14.6. The molecule has 1 amide bonds. The Bertz CT molecular complexity index is 1700. The Morgan fingerprint density at radius 3 is 2.58 bits per heavy atom. The van der Waals surface area contributed by atoms with Crippen LogP contribution >= 0.6 is 0 Å². The van der Waals surface area contributed by atoms with Gasteiger partial charge < -0.3 is 9.47 Å². The van der Waals surface area contributed by atoms with Crippen LogP contribution in [0.1, 0.15) is 47.3 Å². The molecule has 4 aromatic rings. The summed E-state index contributed by atoms with van der Waals surface area (Å²) in [5.41, 5.74) is 3.21. The number of hydrogen-bond donors (Lipinski definition) is 1. The molecular weight excluding hydrogens is 534 g/mol. The van der Waals surface area contributed by atoms with Crippen LogP contribution < -0.4 is 9.62 Å². The second kappa shape index (κ2) is 10.3. The summed E-state index contributed by atoms with van der Waals surface area (Å²) >= 11 is 0. The highest BCUT2D eigenvalue weighted by Crippen LogP contribution is 2.49. The van der Waals surface area contributed by atoms with Crippen molar-refractivity contribution in [2.45, 2.75) is 42.7 Å². The largest absolute Gasteiger partial charge is 0.337 e. The lowest BCUT2D eigenvalue weighted by molar-refractivity contribution is -0.120. The van der Waals surface area contributed by atoms with Crippen LogP contribution in [0.15, 0.2) is 84.0 Å². The van der Waals surface area contributed by atoms with Gasteiger partial charge in [0.25, 0.3) is 0 Å². The van der Waals surface area contributed by atoms with Crippen LogP contribution in [0, 0.1) is 17.6 Å². The molecule has 3 atom stereocenters. The average Bonchev–Trinajstić information content (AvgIpc) is 3.50. The highest BCUT2D eigenvalue weighted by atomic mass is 32.2. The van der Waals surface area contributed by atoms with Crippen LogP contribution in [0.25, 0.3) is 0 Å². The van der Waals surface area contributed by atoms with E-state index in [4.69, 9.17) is 0 Å². The topological polar surface area (TPSA) is 84.3 Å². The molecule has 1 aromatic heterocycles. The van der Waals surface area contributed by atoms with E-state index in [9.17, 15) is 22.0 Å². The SMILES string of the molecule is Cn1ccnc1CN(C(=O)[C@@H]1C[C@H]1c1cccc(F)c1)c1ccc2c(c1)[C@H](NS(=O)(=O)c1cccc(F)c1)CC2. The third kappa shape index (κ3) is 5.16. The number of aryl methyl sites for hydroxylation is 2. The number of imidazole rings is 1. The number of aromatic nitrogens is 2. The fourth-order valence-corrected chi connectivity index (χ4v) is 6.81. The van der Waals surface area contributed by atoms with Crippen LogP contribution in [0.4, 0.5) is 14.5 Å². The van der Waals surface area contributed by atoms with E-state index in [1.54, 1.807) is 17.2 Å². The second-order valence-electron chi connectivity index (χ2n) is 10.4. The van der Waals surface area contributed by atoms with Gasteiger partial charge in [0, 0.05) is 37.1 Å². The van der Waals surface area contributed by atoms with E-state index >= 15 is 0 Å². The smallest absolute Gasteiger partial charge is 0.241 e. The molecule has 0 aliphatic heterocycles. The minimum atomic E-state index is -3.96. The Kier molecular flexibility index (Phi) is 6.75. The minimum absolute atomic E-state index is 0.0627. The summed E-state index contributed by atoms with van der Waals surface area (Å²) in [6, 6.07) is 16.4. The molecule has 1 N–H and O–H groups in total. The van der Waals surface area contributed by atoms with E-state index in [2.05, 4.69) is 9.71 Å². The molecular formula is C30H28F2N4O3S. The molecule has 0 unspecified atom stereocenters. The number of carbonyl (C=O) groups is 1. The van der Waals surface area contributed by atoms with Crippen LogP contribution in [0.2, 0.25) is 0 Å². The third-order valence-electron chi connectivity index (χ3n) is 7.79. The van der Waals surface area contributed by atoms with E-state index < -0.39 is 21.9 Å². The Morgan fingerprint density at radius 1 is 1.07 bits per heavy atom. The summed E-state index contributed by atoms with van der Waals surface area (Å²) in [6.45, 7) is 0.229. The molecule has 0 radical (unpaired) electrons. The molecule has 1 saturated carbocycles. The predicted octanol–water partition coefficient (Wildman–Crippen LogP) is 5.00. The van der Waals surface area contributed by atoms with Gasteiger partial charge in [-0.25, -0.2) is 26.9 Å². The maximum absolute atomic E-state index is 13.9. The maximum Gasteiger partial charge on any atom is 0.241 e. The van der Waals surface area contributed by atoms with Crippen molar-refractivity contribution in [3.8, 4) is 0 Å². The Morgan fingerprint density at radius 2 is 1.85 bits per heavy atom. The van der Waals surface area contributed by atoms with E-state index in [1.807, 2.05) is 42.1 Å². The number of nitrogens with zero attached hydrogens (tertiary/aromatic N) is 3. The number of anilines is 1. The molecule has 0 spiro atoms. The number of rotatable bonds is 8. The van der Waals surface area contributed by atoms with Gasteiger partial charge in [0.05, 0.1) is 11.4 Å². The molecule has 206 valence electrons. The average molecular weight is 563 g/mol. The van der Waals surface area contributed by atoms with Crippen LogP contribution in [-0.4, -0.2) is 23.9 Å². The van der Waals surface area contributed by atoms with E-state index in [1.165, 1.54) is 30.3 Å². The number of hydrogen-bond acceptors (Lipinski definition) is 4. The summed E-state index contributed by atoms with van der Waals surface area (Å²) in [5.74, 6) is -0.708. The van der Waals surface area contributed by atoms with E-state index in [0.717, 1.165) is 22.8 Å². The van der Waals surface area contributed by atoms with Crippen molar-refractivity contribution in [1.82, 2.24) is 14.3 Å². The van der Waals surface area contributed by atoms with Crippen molar-refractivity contribution >= 4 is 21.6 Å². The summed E-state index contributed by atoms with van der Waals surface area (Å²) in [7, 11) is -2.11. The number of halogens is 2. The molecule has 40 heavy (non-hydrogen) atoms. The molecule has 7 nitrogen and oxygen atoms in total. The normalized spacial score (nSPS) is 19.8. The van der Waals surface area contributed by atoms with E-state index in [-0.39, 0.29) is 35.0 Å². The van der Waals surface area contributed by atoms with Gasteiger partial charge >= 0.3 is 0 Å². The van der Waals surface area contributed by atoms with Gasteiger partial charge in [-0.2, -0.15) is 0 Å². The minimum Gasteiger partial charge on any atom is -0.337 e. The number of amides is 1. The molecule has 10 heteroatoms. The fraction of sp³-hybridized carbons (Fsp3) is 0.267. The van der Waals surface area contributed by atoms with Gasteiger partial charge in [0.2, 0.25) is 15.9 Å². The molecule has 2 aliphatic carbocycles. The van der Waals surface area contributed by atoms with Gasteiger partial charge in [-0.15, -0.1) is 0 Å². The number of benzene rings is 3. The number of carbonyl (C=O) groups excluding carboxylic acids is 1. The molecule has 2 aliphatic rings. The summed E-state index contributed by atoms with van der Waals surface area (Å²) in [5, 5.41) is 0. The lowest BCUT2D eigenvalue weighted by Crippen LogP contribution is -2.33. The van der Waals surface area contributed by atoms with Gasteiger partial charge in [-0.05, 0) is 84.3 Å². The highest BCUT2D eigenvalue weighted by Gasteiger charge is 2.46. The zero-order chi connectivity index (χ0) is 28.0. The van der Waals surface area contributed by atoms with Crippen LogP contribution in [-0.2, 0) is 34.8 Å². The Balaban J connectivity index is 1.30. The zero-order valence-electron chi connectivity index (χ0n) is 21.8. The zero-order valence-corrected chi connectivity index (χ0v) is 22.6. The van der Waals surface area contributed by atoms with Crippen LogP contribution in [0.3, 0.4) is 0 Å². The van der Waals surface area contributed by atoms with Gasteiger partial charge in [-0.1, -0.05) is 24.3 Å². The monoisotopic (exact) mass is 562 g/mol. The van der Waals surface area contributed by atoms with Crippen molar-refractivity contribution in [2.24, 2.45) is 13.0 Å². The molecule has 1 heterocycles. The van der Waals surface area contributed by atoms with Gasteiger partial charge in [0.15, 0.2) is 0 Å².